The summed E-state index contributed by atoms with van der Waals surface area (Å²) in [6.07, 6.45) is 1.66. The van der Waals surface area contributed by atoms with Crippen molar-refractivity contribution in [3.8, 4) is 0 Å². The summed E-state index contributed by atoms with van der Waals surface area (Å²) in [5.74, 6) is 0.186. The molecule has 102 valence electrons. The van der Waals surface area contributed by atoms with Crippen molar-refractivity contribution in [2.75, 3.05) is 0 Å². The molecule has 1 heterocycles. The third-order valence-electron chi connectivity index (χ3n) is 2.80. The monoisotopic (exact) mass is 306 g/mol. The quantitative estimate of drug-likeness (QED) is 0.827. The molecule has 0 aliphatic carbocycles. The van der Waals surface area contributed by atoms with Gasteiger partial charge in [-0.15, -0.1) is 0 Å². The molecule has 6 heteroatoms. The Hall–Kier alpha value is -1.52. The van der Waals surface area contributed by atoms with E-state index < -0.39 is 7.82 Å². The van der Waals surface area contributed by atoms with Gasteiger partial charge in [0.15, 0.2) is 0 Å². The molecule has 0 spiro atoms. The number of phosphoric acid groups is 1. The largest absolute Gasteiger partial charge is 0.524 e. The minimum Gasteiger partial charge on any atom is -0.404 e. The van der Waals surface area contributed by atoms with Crippen molar-refractivity contribution in [2.24, 2.45) is 0 Å². The van der Waals surface area contributed by atoms with Crippen molar-refractivity contribution in [1.29, 1.82) is 0 Å². The van der Waals surface area contributed by atoms with Gasteiger partial charge in [-0.05, 0) is 23.8 Å². The highest BCUT2D eigenvalue weighted by molar-refractivity contribution is 7.99. The number of hydrogen-bond donors (Lipinski definition) is 2. The first-order valence-electron chi connectivity index (χ1n) is 5.86. The standard InChI is InChI=1S/C14H11O4PS/c15-19(16,17)18-12-9-10-5-1-3-7-13(10)20-14-8-4-2-6-11(12)14/h1-9H,(H2,15,16,17). The molecule has 1 aliphatic rings. The molecule has 1 aliphatic heterocycles. The minimum absolute atomic E-state index is 0.186. The molecule has 0 bridgehead atoms. The summed E-state index contributed by atoms with van der Waals surface area (Å²) < 4.78 is 16.0. The second kappa shape index (κ2) is 5.11. The Bertz CT molecular complexity index is 735. The van der Waals surface area contributed by atoms with Gasteiger partial charge in [-0.25, -0.2) is 4.57 Å². The van der Waals surface area contributed by atoms with Crippen LogP contribution in [0.25, 0.3) is 11.8 Å². The van der Waals surface area contributed by atoms with Gasteiger partial charge in [-0.1, -0.05) is 48.2 Å². The van der Waals surface area contributed by atoms with Crippen molar-refractivity contribution in [3.05, 3.63) is 59.7 Å². The van der Waals surface area contributed by atoms with Gasteiger partial charge in [-0.2, -0.15) is 0 Å². The lowest BCUT2D eigenvalue weighted by molar-refractivity contribution is 0.269. The molecular weight excluding hydrogens is 295 g/mol. The first-order valence-corrected chi connectivity index (χ1v) is 8.21. The summed E-state index contributed by atoms with van der Waals surface area (Å²) in [5, 5.41) is 0. The first-order chi connectivity index (χ1) is 9.53. The molecule has 0 amide bonds. The number of fused-ring (bicyclic) bond motifs is 2. The number of rotatable bonds is 2. The van der Waals surface area contributed by atoms with Gasteiger partial charge in [0.25, 0.3) is 0 Å². The molecule has 2 aromatic carbocycles. The number of benzene rings is 2. The van der Waals surface area contributed by atoms with E-state index in [1.165, 1.54) is 0 Å². The van der Waals surface area contributed by atoms with Crippen LogP contribution in [0.4, 0.5) is 0 Å². The Kier molecular flexibility index (Phi) is 3.44. The highest BCUT2D eigenvalue weighted by Gasteiger charge is 2.23. The van der Waals surface area contributed by atoms with Gasteiger partial charge < -0.3 is 4.52 Å². The van der Waals surface area contributed by atoms with Gasteiger partial charge in [0.1, 0.15) is 5.76 Å². The fraction of sp³-hybridized carbons (Fsp3) is 0. The maximum absolute atomic E-state index is 11.2. The fourth-order valence-electron chi connectivity index (χ4n) is 1.99. The van der Waals surface area contributed by atoms with Crippen LogP contribution >= 0.6 is 19.6 Å². The second-order valence-electron chi connectivity index (χ2n) is 4.23. The molecule has 0 saturated carbocycles. The summed E-state index contributed by atoms with van der Waals surface area (Å²) in [6.45, 7) is 0. The molecule has 0 fully saturated rings. The molecule has 0 atom stereocenters. The Labute approximate surface area is 120 Å². The molecule has 3 rings (SSSR count). The topological polar surface area (TPSA) is 66.8 Å². The molecule has 4 nitrogen and oxygen atoms in total. The van der Waals surface area contributed by atoms with Crippen LogP contribution in [0.2, 0.25) is 0 Å². The molecule has 2 aromatic rings. The van der Waals surface area contributed by atoms with E-state index >= 15 is 0 Å². The number of phosphoric ester groups is 1. The van der Waals surface area contributed by atoms with Crippen molar-refractivity contribution >= 4 is 31.4 Å². The van der Waals surface area contributed by atoms with Crippen molar-refractivity contribution in [1.82, 2.24) is 0 Å². The lowest BCUT2D eigenvalue weighted by Gasteiger charge is -2.12. The summed E-state index contributed by atoms with van der Waals surface area (Å²) in [4.78, 5) is 20.1. The van der Waals surface area contributed by atoms with E-state index in [1.807, 2.05) is 42.5 Å². The molecule has 2 N–H and O–H groups in total. The highest BCUT2D eigenvalue weighted by atomic mass is 32.2. The summed E-state index contributed by atoms with van der Waals surface area (Å²) in [7, 11) is -4.60. The minimum atomic E-state index is -4.60. The van der Waals surface area contributed by atoms with Gasteiger partial charge in [0.05, 0.1) is 0 Å². The molecule has 0 unspecified atom stereocenters. The lowest BCUT2D eigenvalue weighted by Crippen LogP contribution is -1.91. The van der Waals surface area contributed by atoms with Crippen LogP contribution in [0.15, 0.2) is 58.3 Å². The zero-order chi connectivity index (χ0) is 14.2. The van der Waals surface area contributed by atoms with Crippen LogP contribution in [0.1, 0.15) is 11.1 Å². The highest BCUT2D eigenvalue weighted by Crippen LogP contribution is 2.47. The number of hydrogen-bond acceptors (Lipinski definition) is 3. The van der Waals surface area contributed by atoms with Crippen molar-refractivity contribution in [2.45, 2.75) is 9.79 Å². The third-order valence-corrected chi connectivity index (χ3v) is 4.40. The van der Waals surface area contributed by atoms with Crippen LogP contribution in [-0.2, 0) is 9.09 Å². The molecule has 0 radical (unpaired) electrons. The van der Waals surface area contributed by atoms with E-state index in [0.29, 0.717) is 5.56 Å². The second-order valence-corrected chi connectivity index (χ2v) is 6.47. The van der Waals surface area contributed by atoms with Crippen LogP contribution in [0, 0.1) is 0 Å². The zero-order valence-electron chi connectivity index (χ0n) is 10.3. The lowest BCUT2D eigenvalue weighted by atomic mass is 10.1. The average Bonchev–Trinajstić information content (AvgIpc) is 2.53. The first kappa shape index (κ1) is 13.5. The SMILES string of the molecule is O=P(O)(O)OC1=Cc2ccccc2Sc2ccccc21. The van der Waals surface area contributed by atoms with E-state index in [9.17, 15) is 4.57 Å². The van der Waals surface area contributed by atoms with E-state index in [0.717, 1.165) is 15.4 Å². The molecule has 0 aromatic heterocycles. The predicted molar refractivity (Wildman–Crippen MR) is 78.0 cm³/mol. The fourth-order valence-corrected chi connectivity index (χ4v) is 3.45. The summed E-state index contributed by atoms with van der Waals surface area (Å²) >= 11 is 1.55. The van der Waals surface area contributed by atoms with Crippen LogP contribution < -0.4 is 0 Å². The van der Waals surface area contributed by atoms with Crippen molar-refractivity contribution < 1.29 is 18.9 Å². The van der Waals surface area contributed by atoms with Gasteiger partial charge in [0.2, 0.25) is 0 Å². The van der Waals surface area contributed by atoms with Crippen LogP contribution in [0.3, 0.4) is 0 Å². The third kappa shape index (κ3) is 2.81. The maximum atomic E-state index is 11.2. The Balaban J connectivity index is 2.19. The summed E-state index contributed by atoms with van der Waals surface area (Å²) in [5.41, 5.74) is 1.55. The summed E-state index contributed by atoms with van der Waals surface area (Å²) in [6, 6.07) is 15.0. The van der Waals surface area contributed by atoms with Crippen LogP contribution in [0.5, 0.6) is 0 Å². The smallest absolute Gasteiger partial charge is 0.404 e. The maximum Gasteiger partial charge on any atom is 0.524 e. The molecular formula is C14H11O4PS. The Morgan fingerprint density at radius 1 is 0.950 bits per heavy atom. The van der Waals surface area contributed by atoms with E-state index in [1.54, 1.807) is 23.9 Å². The predicted octanol–water partition coefficient (Wildman–Crippen LogP) is 3.76. The van der Waals surface area contributed by atoms with Gasteiger partial charge in [-0.3, -0.25) is 9.79 Å². The molecule has 20 heavy (non-hydrogen) atoms. The normalized spacial score (nSPS) is 13.8. The molecule has 0 saturated heterocycles. The van der Waals surface area contributed by atoms with E-state index in [4.69, 9.17) is 14.3 Å². The average molecular weight is 306 g/mol. The van der Waals surface area contributed by atoms with E-state index in [-0.39, 0.29) is 5.76 Å². The van der Waals surface area contributed by atoms with E-state index in [2.05, 4.69) is 0 Å². The van der Waals surface area contributed by atoms with Gasteiger partial charge >= 0.3 is 7.82 Å². The zero-order valence-corrected chi connectivity index (χ0v) is 12.0. The van der Waals surface area contributed by atoms with Crippen LogP contribution in [-0.4, -0.2) is 9.79 Å². The Morgan fingerprint density at radius 3 is 2.35 bits per heavy atom. The van der Waals surface area contributed by atoms with Crippen molar-refractivity contribution in [3.63, 3.8) is 0 Å². The Morgan fingerprint density at radius 2 is 1.60 bits per heavy atom. The van der Waals surface area contributed by atoms with Gasteiger partial charge in [0, 0.05) is 15.4 Å².